The summed E-state index contributed by atoms with van der Waals surface area (Å²) >= 11 is 0. The van der Waals surface area contributed by atoms with E-state index in [-0.39, 0.29) is 5.91 Å². The van der Waals surface area contributed by atoms with Crippen LogP contribution in [0.1, 0.15) is 23.7 Å². The molecule has 6 heteroatoms. The zero-order valence-corrected chi connectivity index (χ0v) is 12.3. The molecular weight excluding hydrogens is 254 g/mol. The number of aromatic nitrogens is 3. The maximum absolute atomic E-state index is 12.0. The first-order valence-corrected chi connectivity index (χ1v) is 6.88. The first-order chi connectivity index (χ1) is 9.61. The average Bonchev–Trinajstić information content (AvgIpc) is 2.85. The van der Waals surface area contributed by atoms with Crippen molar-refractivity contribution in [2.24, 2.45) is 0 Å². The third kappa shape index (κ3) is 3.33. The number of benzene rings is 1. The highest BCUT2D eigenvalue weighted by molar-refractivity contribution is 5.97. The molecule has 6 nitrogen and oxygen atoms in total. The van der Waals surface area contributed by atoms with Crippen LogP contribution in [0, 0.1) is 0 Å². The van der Waals surface area contributed by atoms with Gasteiger partial charge < -0.3 is 10.2 Å². The van der Waals surface area contributed by atoms with Gasteiger partial charge in [0.2, 0.25) is 0 Å². The quantitative estimate of drug-likeness (QED) is 0.803. The fourth-order valence-corrected chi connectivity index (χ4v) is 2.05. The molecule has 1 N–H and O–H groups in total. The maximum Gasteiger partial charge on any atom is 0.251 e. The van der Waals surface area contributed by atoms with Crippen molar-refractivity contribution in [1.82, 2.24) is 25.2 Å². The number of carbonyl (C=O) groups excluding carboxylic acids is 1. The largest absolute Gasteiger partial charge is 0.352 e. The number of fused-ring (bicyclic) bond motifs is 1. The fourth-order valence-electron chi connectivity index (χ4n) is 2.05. The molecule has 2 rings (SSSR count). The summed E-state index contributed by atoms with van der Waals surface area (Å²) in [4.78, 5) is 14.1. The van der Waals surface area contributed by atoms with Crippen LogP contribution in [0.4, 0.5) is 0 Å². The van der Waals surface area contributed by atoms with Crippen LogP contribution in [-0.4, -0.2) is 53.0 Å². The lowest BCUT2D eigenvalue weighted by molar-refractivity contribution is 0.0952. The zero-order valence-electron chi connectivity index (χ0n) is 12.3. The number of nitrogens with one attached hydrogen (secondary N) is 1. The minimum atomic E-state index is -0.0586. The Morgan fingerprint density at radius 1 is 1.40 bits per heavy atom. The smallest absolute Gasteiger partial charge is 0.251 e. The van der Waals surface area contributed by atoms with Crippen LogP contribution >= 0.6 is 0 Å². The van der Waals surface area contributed by atoms with Gasteiger partial charge in [-0.15, -0.1) is 5.10 Å². The second kappa shape index (κ2) is 6.47. The molecular formula is C14H21N5O. The van der Waals surface area contributed by atoms with E-state index in [1.807, 2.05) is 37.8 Å². The molecule has 0 unspecified atom stereocenters. The van der Waals surface area contributed by atoms with E-state index < -0.39 is 0 Å². The Labute approximate surface area is 118 Å². The van der Waals surface area contributed by atoms with Gasteiger partial charge in [0.05, 0.1) is 5.52 Å². The fraction of sp³-hybridized carbons (Fsp3) is 0.500. The Hall–Kier alpha value is -1.95. The summed E-state index contributed by atoms with van der Waals surface area (Å²) in [5, 5.41) is 11.0. The van der Waals surface area contributed by atoms with E-state index in [4.69, 9.17) is 0 Å². The van der Waals surface area contributed by atoms with Crippen molar-refractivity contribution in [2.45, 2.75) is 19.9 Å². The van der Waals surface area contributed by atoms with Crippen molar-refractivity contribution in [3.05, 3.63) is 23.8 Å². The molecule has 0 spiro atoms. The van der Waals surface area contributed by atoms with Crippen LogP contribution in [0.25, 0.3) is 11.0 Å². The monoisotopic (exact) mass is 275 g/mol. The lowest BCUT2D eigenvalue weighted by atomic mass is 10.2. The zero-order chi connectivity index (χ0) is 14.5. The second-order valence-electron chi connectivity index (χ2n) is 5.02. The Morgan fingerprint density at radius 2 is 2.20 bits per heavy atom. The number of hydrogen-bond acceptors (Lipinski definition) is 4. The number of aryl methyl sites for hydroxylation is 1. The molecule has 0 saturated carbocycles. The summed E-state index contributed by atoms with van der Waals surface area (Å²) in [6, 6.07) is 5.50. The van der Waals surface area contributed by atoms with Crippen LogP contribution in [-0.2, 0) is 6.54 Å². The second-order valence-corrected chi connectivity index (χ2v) is 5.02. The Kier molecular flexibility index (Phi) is 4.68. The topological polar surface area (TPSA) is 63.1 Å². The highest BCUT2D eigenvalue weighted by Crippen LogP contribution is 2.13. The van der Waals surface area contributed by atoms with Crippen LogP contribution < -0.4 is 5.32 Å². The molecule has 0 aliphatic rings. The van der Waals surface area contributed by atoms with Gasteiger partial charge in [0.15, 0.2) is 0 Å². The highest BCUT2D eigenvalue weighted by Gasteiger charge is 2.09. The van der Waals surface area contributed by atoms with Crippen LogP contribution in [0.2, 0.25) is 0 Å². The van der Waals surface area contributed by atoms with Crippen LogP contribution in [0.5, 0.6) is 0 Å². The van der Waals surface area contributed by atoms with E-state index in [9.17, 15) is 4.79 Å². The Morgan fingerprint density at radius 3 is 2.90 bits per heavy atom. The van der Waals surface area contributed by atoms with E-state index >= 15 is 0 Å². The molecule has 0 aliphatic carbocycles. The molecule has 1 heterocycles. The van der Waals surface area contributed by atoms with Crippen molar-refractivity contribution in [3.8, 4) is 0 Å². The van der Waals surface area contributed by atoms with Gasteiger partial charge in [-0.05, 0) is 52.2 Å². The molecule has 0 bridgehead atoms. The predicted molar refractivity (Wildman–Crippen MR) is 78.7 cm³/mol. The molecule has 0 radical (unpaired) electrons. The predicted octanol–water partition coefficient (Wildman–Crippen LogP) is 1.13. The Bertz CT molecular complexity index is 590. The molecule has 1 aromatic carbocycles. The number of nitrogens with zero attached hydrogens (tertiary/aromatic N) is 4. The standard InChI is InChI=1S/C14H21N5O/c1-4-19-13-7-6-11(10-12(13)16-17-19)14(20)15-8-5-9-18(2)3/h6-7,10H,4-5,8-9H2,1-3H3,(H,15,20). The molecule has 0 aliphatic heterocycles. The molecule has 1 aromatic heterocycles. The number of rotatable bonds is 6. The van der Waals surface area contributed by atoms with Crippen molar-refractivity contribution in [2.75, 3.05) is 27.2 Å². The third-order valence-electron chi connectivity index (χ3n) is 3.14. The van der Waals surface area contributed by atoms with E-state index in [0.29, 0.717) is 12.1 Å². The average molecular weight is 275 g/mol. The van der Waals surface area contributed by atoms with Gasteiger partial charge in [0.1, 0.15) is 5.52 Å². The summed E-state index contributed by atoms with van der Waals surface area (Å²) in [6.07, 6.45) is 0.938. The lowest BCUT2D eigenvalue weighted by Gasteiger charge is -2.09. The highest BCUT2D eigenvalue weighted by atomic mass is 16.1. The van der Waals surface area contributed by atoms with E-state index in [1.165, 1.54) is 0 Å². The van der Waals surface area contributed by atoms with Crippen LogP contribution in [0.3, 0.4) is 0 Å². The minimum absolute atomic E-state index is 0.0586. The summed E-state index contributed by atoms with van der Waals surface area (Å²) in [6.45, 7) is 4.42. The van der Waals surface area contributed by atoms with Gasteiger partial charge in [-0.2, -0.15) is 0 Å². The summed E-state index contributed by atoms with van der Waals surface area (Å²) in [5.74, 6) is -0.0586. The lowest BCUT2D eigenvalue weighted by Crippen LogP contribution is -2.27. The summed E-state index contributed by atoms with van der Waals surface area (Å²) in [5.41, 5.74) is 2.34. The van der Waals surface area contributed by atoms with Crippen molar-refractivity contribution in [3.63, 3.8) is 0 Å². The molecule has 0 saturated heterocycles. The van der Waals surface area contributed by atoms with Crippen molar-refractivity contribution in [1.29, 1.82) is 0 Å². The third-order valence-corrected chi connectivity index (χ3v) is 3.14. The van der Waals surface area contributed by atoms with Gasteiger partial charge in [-0.3, -0.25) is 4.79 Å². The van der Waals surface area contributed by atoms with Crippen molar-refractivity contribution >= 4 is 16.9 Å². The van der Waals surface area contributed by atoms with Crippen LogP contribution in [0.15, 0.2) is 18.2 Å². The molecule has 0 atom stereocenters. The van der Waals surface area contributed by atoms with E-state index in [1.54, 1.807) is 6.07 Å². The number of amides is 1. The minimum Gasteiger partial charge on any atom is -0.352 e. The molecule has 20 heavy (non-hydrogen) atoms. The first-order valence-electron chi connectivity index (χ1n) is 6.88. The van der Waals surface area contributed by atoms with Gasteiger partial charge in [0.25, 0.3) is 5.91 Å². The maximum atomic E-state index is 12.0. The SMILES string of the molecule is CCn1nnc2cc(C(=O)NCCCN(C)C)ccc21. The van der Waals surface area contributed by atoms with Gasteiger partial charge >= 0.3 is 0 Å². The number of hydrogen-bond donors (Lipinski definition) is 1. The normalized spacial score (nSPS) is 11.2. The van der Waals surface area contributed by atoms with Gasteiger partial charge in [0, 0.05) is 18.7 Å². The molecule has 2 aromatic rings. The molecule has 108 valence electrons. The summed E-state index contributed by atoms with van der Waals surface area (Å²) < 4.78 is 1.81. The Balaban J connectivity index is 2.00. The molecule has 0 fully saturated rings. The van der Waals surface area contributed by atoms with Gasteiger partial charge in [-0.1, -0.05) is 5.21 Å². The van der Waals surface area contributed by atoms with Gasteiger partial charge in [-0.25, -0.2) is 4.68 Å². The summed E-state index contributed by atoms with van der Waals surface area (Å²) in [7, 11) is 4.04. The van der Waals surface area contributed by atoms with E-state index in [2.05, 4.69) is 20.5 Å². The van der Waals surface area contributed by atoms with E-state index in [0.717, 1.165) is 30.5 Å². The molecule has 1 amide bonds. The number of carbonyl (C=O) groups is 1. The first kappa shape index (κ1) is 14.5. The van der Waals surface area contributed by atoms with Crippen molar-refractivity contribution < 1.29 is 4.79 Å².